The van der Waals surface area contributed by atoms with E-state index in [0.717, 1.165) is 5.69 Å². The summed E-state index contributed by atoms with van der Waals surface area (Å²) in [6.07, 6.45) is 1.66. The van der Waals surface area contributed by atoms with Crippen LogP contribution in [0.15, 0.2) is 52.3 Å². The lowest BCUT2D eigenvalue weighted by Gasteiger charge is -2.11. The van der Waals surface area contributed by atoms with Gasteiger partial charge in [0, 0.05) is 23.9 Å². The molecule has 9 heteroatoms. The average Bonchev–Trinajstić information content (AvgIpc) is 2.87. The first-order chi connectivity index (χ1) is 11.6. The van der Waals surface area contributed by atoms with Gasteiger partial charge in [-0.25, -0.2) is 0 Å². The van der Waals surface area contributed by atoms with Crippen molar-refractivity contribution < 1.29 is 4.92 Å². The van der Waals surface area contributed by atoms with Crippen molar-refractivity contribution in [3.63, 3.8) is 0 Å². The Morgan fingerprint density at radius 1 is 1.21 bits per heavy atom. The molecule has 0 unspecified atom stereocenters. The Morgan fingerprint density at radius 2 is 2.08 bits per heavy atom. The minimum absolute atomic E-state index is 0.00923. The number of hydrogen-bond donors (Lipinski definition) is 0. The zero-order valence-electron chi connectivity index (χ0n) is 12.1. The number of aromatic nitrogens is 4. The standard InChI is InChI=1S/C15H9BrN6O2/c16-15-20-19-13-8-18-14(11-3-1-2-6-17-11)10-7-9(22(23)24)4-5-12(10)21(13)15/h1-7H,8H2. The number of nitro benzene ring substituents is 1. The number of halogens is 1. The summed E-state index contributed by atoms with van der Waals surface area (Å²) in [6, 6.07) is 10.1. The van der Waals surface area contributed by atoms with Crippen molar-refractivity contribution in [2.75, 3.05) is 0 Å². The lowest BCUT2D eigenvalue weighted by Crippen LogP contribution is -2.09. The molecule has 4 rings (SSSR count). The Labute approximate surface area is 144 Å². The number of pyridine rings is 1. The molecular formula is C15H9BrN6O2. The van der Waals surface area contributed by atoms with E-state index in [1.807, 2.05) is 12.1 Å². The molecule has 0 radical (unpaired) electrons. The lowest BCUT2D eigenvalue weighted by molar-refractivity contribution is -0.384. The summed E-state index contributed by atoms with van der Waals surface area (Å²) < 4.78 is 2.31. The van der Waals surface area contributed by atoms with Crippen LogP contribution in [0.3, 0.4) is 0 Å². The van der Waals surface area contributed by atoms with Gasteiger partial charge in [-0.15, -0.1) is 10.2 Å². The maximum absolute atomic E-state index is 11.2. The molecule has 0 spiro atoms. The van der Waals surface area contributed by atoms with Crippen molar-refractivity contribution in [1.29, 1.82) is 0 Å². The van der Waals surface area contributed by atoms with Crippen LogP contribution in [0.5, 0.6) is 0 Å². The third kappa shape index (κ3) is 2.29. The van der Waals surface area contributed by atoms with Gasteiger partial charge in [-0.05, 0) is 34.1 Å². The molecule has 0 bridgehead atoms. The molecule has 0 aliphatic carbocycles. The van der Waals surface area contributed by atoms with Gasteiger partial charge in [-0.2, -0.15) is 0 Å². The zero-order chi connectivity index (χ0) is 16.7. The molecule has 0 saturated carbocycles. The summed E-state index contributed by atoms with van der Waals surface area (Å²) in [6.45, 7) is 0.299. The predicted molar refractivity (Wildman–Crippen MR) is 89.3 cm³/mol. The van der Waals surface area contributed by atoms with Crippen LogP contribution in [0.25, 0.3) is 5.69 Å². The Bertz CT molecular complexity index is 983. The number of aliphatic imine (C=N–C) groups is 1. The highest BCUT2D eigenvalue weighted by Gasteiger charge is 2.24. The molecule has 0 amide bonds. The molecule has 3 aromatic rings. The number of nitrogens with zero attached hydrogens (tertiary/aromatic N) is 6. The summed E-state index contributed by atoms with van der Waals surface area (Å²) >= 11 is 3.37. The van der Waals surface area contributed by atoms with Gasteiger partial charge < -0.3 is 0 Å². The third-order valence-electron chi connectivity index (χ3n) is 3.66. The number of benzene rings is 1. The van der Waals surface area contributed by atoms with E-state index in [4.69, 9.17) is 0 Å². The molecule has 1 aliphatic rings. The molecule has 24 heavy (non-hydrogen) atoms. The first-order valence-corrected chi connectivity index (χ1v) is 7.79. The molecule has 0 N–H and O–H groups in total. The number of rotatable bonds is 2. The van der Waals surface area contributed by atoms with E-state index in [1.165, 1.54) is 12.1 Å². The maximum Gasteiger partial charge on any atom is 0.270 e. The van der Waals surface area contributed by atoms with Gasteiger partial charge in [0.2, 0.25) is 4.73 Å². The minimum Gasteiger partial charge on any atom is -0.274 e. The normalized spacial score (nSPS) is 12.8. The van der Waals surface area contributed by atoms with Crippen molar-refractivity contribution >= 4 is 27.3 Å². The lowest BCUT2D eigenvalue weighted by atomic mass is 10.0. The Hall–Kier alpha value is -2.94. The Balaban J connectivity index is 2.01. The molecule has 0 atom stereocenters. The van der Waals surface area contributed by atoms with Gasteiger partial charge in [0.15, 0.2) is 5.82 Å². The van der Waals surface area contributed by atoms with Crippen molar-refractivity contribution in [2.45, 2.75) is 6.54 Å². The van der Waals surface area contributed by atoms with Crippen LogP contribution in [-0.4, -0.2) is 30.4 Å². The van der Waals surface area contributed by atoms with Crippen LogP contribution in [-0.2, 0) is 6.54 Å². The van der Waals surface area contributed by atoms with E-state index in [9.17, 15) is 10.1 Å². The van der Waals surface area contributed by atoms with Crippen LogP contribution >= 0.6 is 15.9 Å². The SMILES string of the molecule is O=[N+]([O-])c1ccc2c(c1)C(c1ccccn1)=NCc1nnc(Br)n1-2. The molecule has 118 valence electrons. The van der Waals surface area contributed by atoms with Crippen molar-refractivity contribution in [2.24, 2.45) is 4.99 Å². The molecule has 8 nitrogen and oxygen atoms in total. The number of hydrogen-bond acceptors (Lipinski definition) is 6. The van der Waals surface area contributed by atoms with Crippen molar-refractivity contribution in [3.8, 4) is 5.69 Å². The number of nitro groups is 1. The van der Waals surface area contributed by atoms with Gasteiger partial charge in [0.25, 0.3) is 5.69 Å². The van der Waals surface area contributed by atoms with Crippen LogP contribution in [0, 0.1) is 10.1 Å². The fourth-order valence-corrected chi connectivity index (χ4v) is 3.09. The summed E-state index contributed by atoms with van der Waals surface area (Å²) in [4.78, 5) is 19.7. The molecule has 1 aliphatic heterocycles. The minimum atomic E-state index is -0.427. The maximum atomic E-state index is 11.2. The van der Waals surface area contributed by atoms with E-state index in [0.29, 0.717) is 34.1 Å². The Kier molecular flexibility index (Phi) is 3.42. The van der Waals surface area contributed by atoms with Gasteiger partial charge >= 0.3 is 0 Å². The highest BCUT2D eigenvalue weighted by molar-refractivity contribution is 9.10. The second-order valence-corrected chi connectivity index (χ2v) is 5.77. The smallest absolute Gasteiger partial charge is 0.270 e. The first kappa shape index (κ1) is 14.6. The molecule has 2 aromatic heterocycles. The fraction of sp³-hybridized carbons (Fsp3) is 0.0667. The molecule has 0 saturated heterocycles. The molecular weight excluding hydrogens is 376 g/mol. The van der Waals surface area contributed by atoms with Gasteiger partial charge in [0.05, 0.1) is 22.0 Å². The summed E-state index contributed by atoms with van der Waals surface area (Å²) in [5.41, 5.74) is 2.56. The van der Waals surface area contributed by atoms with E-state index in [-0.39, 0.29) is 5.69 Å². The Morgan fingerprint density at radius 3 is 2.83 bits per heavy atom. The largest absolute Gasteiger partial charge is 0.274 e. The van der Waals surface area contributed by atoms with E-state index in [2.05, 4.69) is 36.1 Å². The summed E-state index contributed by atoms with van der Waals surface area (Å²) in [7, 11) is 0. The quantitative estimate of drug-likeness (QED) is 0.499. The van der Waals surface area contributed by atoms with Crippen molar-refractivity contribution in [1.82, 2.24) is 19.7 Å². The molecule has 3 heterocycles. The third-order valence-corrected chi connectivity index (χ3v) is 4.18. The topological polar surface area (TPSA) is 99.1 Å². The average molecular weight is 385 g/mol. The second kappa shape index (κ2) is 5.60. The second-order valence-electron chi connectivity index (χ2n) is 5.06. The highest BCUT2D eigenvalue weighted by atomic mass is 79.9. The van der Waals surface area contributed by atoms with Crippen LogP contribution in [0.4, 0.5) is 5.69 Å². The predicted octanol–water partition coefficient (Wildman–Crippen LogP) is 2.68. The monoisotopic (exact) mass is 384 g/mol. The summed E-state index contributed by atoms with van der Waals surface area (Å²) in [5.74, 6) is 0.642. The fourth-order valence-electron chi connectivity index (χ4n) is 2.61. The first-order valence-electron chi connectivity index (χ1n) is 7.00. The van der Waals surface area contributed by atoms with E-state index in [1.54, 1.807) is 22.9 Å². The summed E-state index contributed by atoms with van der Waals surface area (Å²) in [5, 5.41) is 19.3. The van der Waals surface area contributed by atoms with E-state index >= 15 is 0 Å². The van der Waals surface area contributed by atoms with Crippen LogP contribution < -0.4 is 0 Å². The molecule has 1 aromatic carbocycles. The van der Waals surface area contributed by atoms with Gasteiger partial charge in [0.1, 0.15) is 6.54 Å². The number of fused-ring (bicyclic) bond motifs is 3. The van der Waals surface area contributed by atoms with Gasteiger partial charge in [-0.3, -0.25) is 24.7 Å². The zero-order valence-corrected chi connectivity index (χ0v) is 13.7. The van der Waals surface area contributed by atoms with Crippen LogP contribution in [0.2, 0.25) is 0 Å². The van der Waals surface area contributed by atoms with Gasteiger partial charge in [-0.1, -0.05) is 6.07 Å². The van der Waals surface area contributed by atoms with Crippen molar-refractivity contribution in [3.05, 3.63) is 74.5 Å². The molecule has 0 fully saturated rings. The van der Waals surface area contributed by atoms with Crippen LogP contribution in [0.1, 0.15) is 17.1 Å². The highest BCUT2D eigenvalue weighted by Crippen LogP contribution is 2.29. The number of non-ortho nitro benzene ring substituents is 1. The van der Waals surface area contributed by atoms with E-state index < -0.39 is 4.92 Å².